The third-order valence-corrected chi connectivity index (χ3v) is 2.16. The van der Waals surface area contributed by atoms with Crippen LogP contribution in [0.1, 0.15) is 6.42 Å². The van der Waals surface area contributed by atoms with Gasteiger partial charge in [0.25, 0.3) is 5.91 Å². The van der Waals surface area contributed by atoms with Crippen molar-refractivity contribution in [2.75, 3.05) is 13.2 Å². The average molecular weight is 199 g/mol. The Morgan fingerprint density at radius 3 is 2.57 bits per heavy atom. The van der Waals surface area contributed by atoms with E-state index in [9.17, 15) is 14.4 Å². The summed E-state index contributed by atoms with van der Waals surface area (Å²) in [5.41, 5.74) is 0. The van der Waals surface area contributed by atoms with Crippen LogP contribution in [0.15, 0.2) is 0 Å². The highest BCUT2D eigenvalue weighted by atomic mass is 16.6. The first-order valence-corrected chi connectivity index (χ1v) is 4.29. The third kappa shape index (κ3) is 1.60. The number of hydrogen-bond acceptors (Lipinski definition) is 5. The van der Waals surface area contributed by atoms with Gasteiger partial charge in [-0.25, -0.2) is 0 Å². The normalized spacial score (nSPS) is 27.0. The molecule has 0 aromatic rings. The number of imide groups is 1. The van der Waals surface area contributed by atoms with Crippen LogP contribution in [0.25, 0.3) is 0 Å². The van der Waals surface area contributed by atoms with E-state index in [1.165, 1.54) is 0 Å². The van der Waals surface area contributed by atoms with E-state index in [-0.39, 0.29) is 12.3 Å². The van der Waals surface area contributed by atoms with Gasteiger partial charge in [0, 0.05) is 0 Å². The van der Waals surface area contributed by atoms with Crippen LogP contribution in [-0.4, -0.2) is 37.1 Å². The second kappa shape index (κ2) is 3.38. The first-order chi connectivity index (χ1) is 6.66. The monoisotopic (exact) mass is 199 g/mol. The summed E-state index contributed by atoms with van der Waals surface area (Å²) in [5.74, 6) is -1.69. The highest BCUT2D eigenvalue weighted by Crippen LogP contribution is 2.15. The molecule has 2 heterocycles. The molecule has 2 amide bonds. The molecule has 1 N–H and O–H groups in total. The van der Waals surface area contributed by atoms with Crippen molar-refractivity contribution in [1.29, 1.82) is 0 Å². The molecule has 2 aliphatic rings. The van der Waals surface area contributed by atoms with Gasteiger partial charge in [-0.3, -0.25) is 19.7 Å². The predicted molar refractivity (Wildman–Crippen MR) is 42.0 cm³/mol. The largest absolute Gasteiger partial charge is 0.451 e. The lowest BCUT2D eigenvalue weighted by molar-refractivity contribution is -0.170. The fourth-order valence-corrected chi connectivity index (χ4v) is 1.23. The van der Waals surface area contributed by atoms with Crippen molar-refractivity contribution in [3.8, 4) is 0 Å². The summed E-state index contributed by atoms with van der Waals surface area (Å²) in [5, 5.41) is 2.06. The number of hydrogen-bond donors (Lipinski definition) is 1. The molecule has 2 rings (SSSR count). The summed E-state index contributed by atoms with van der Waals surface area (Å²) >= 11 is 0. The van der Waals surface area contributed by atoms with E-state index in [0.717, 1.165) is 0 Å². The van der Waals surface area contributed by atoms with Crippen LogP contribution in [0.3, 0.4) is 0 Å². The Kier molecular flexibility index (Phi) is 2.20. The lowest BCUT2D eigenvalue weighted by Crippen LogP contribution is -2.39. The molecule has 0 aromatic carbocycles. The third-order valence-electron chi connectivity index (χ3n) is 2.16. The topological polar surface area (TPSA) is 81.7 Å². The molecular weight excluding hydrogens is 190 g/mol. The summed E-state index contributed by atoms with van der Waals surface area (Å²) in [6.07, 6.45) is -1.02. The van der Waals surface area contributed by atoms with Crippen molar-refractivity contribution >= 4 is 17.8 Å². The van der Waals surface area contributed by atoms with Crippen LogP contribution >= 0.6 is 0 Å². The average Bonchev–Trinajstić information content (AvgIpc) is 2.26. The van der Waals surface area contributed by atoms with E-state index in [1.54, 1.807) is 0 Å². The SMILES string of the molecule is O=C1CC(OC(=O)C2COC2)C(=O)N1. The van der Waals surface area contributed by atoms with Crippen molar-refractivity contribution in [3.63, 3.8) is 0 Å². The number of amides is 2. The summed E-state index contributed by atoms with van der Waals surface area (Å²) in [7, 11) is 0. The maximum atomic E-state index is 11.2. The zero-order valence-corrected chi connectivity index (χ0v) is 7.32. The van der Waals surface area contributed by atoms with Crippen molar-refractivity contribution in [1.82, 2.24) is 5.32 Å². The molecule has 0 spiro atoms. The highest BCUT2D eigenvalue weighted by Gasteiger charge is 2.37. The molecule has 0 radical (unpaired) electrons. The molecule has 2 saturated heterocycles. The van der Waals surface area contributed by atoms with Gasteiger partial charge in [0.15, 0.2) is 6.10 Å². The van der Waals surface area contributed by atoms with Gasteiger partial charge < -0.3 is 9.47 Å². The van der Waals surface area contributed by atoms with E-state index in [1.807, 2.05) is 0 Å². The molecule has 6 heteroatoms. The summed E-state index contributed by atoms with van der Waals surface area (Å²) in [6.45, 7) is 0.669. The first-order valence-electron chi connectivity index (χ1n) is 4.29. The Hall–Kier alpha value is -1.43. The Morgan fingerprint density at radius 1 is 1.43 bits per heavy atom. The summed E-state index contributed by atoms with van der Waals surface area (Å²) in [6, 6.07) is 0. The van der Waals surface area contributed by atoms with E-state index >= 15 is 0 Å². The first kappa shape index (κ1) is 9.14. The molecule has 0 saturated carbocycles. The molecule has 2 fully saturated rings. The van der Waals surface area contributed by atoms with Gasteiger partial charge in [-0.2, -0.15) is 0 Å². The minimum atomic E-state index is -0.949. The molecule has 0 bridgehead atoms. The second-order valence-corrected chi connectivity index (χ2v) is 3.28. The predicted octanol–water partition coefficient (Wildman–Crippen LogP) is -1.41. The lowest BCUT2D eigenvalue weighted by atomic mass is 10.1. The molecule has 1 unspecified atom stereocenters. The minimum Gasteiger partial charge on any atom is -0.451 e. The Bertz CT molecular complexity index is 296. The van der Waals surface area contributed by atoms with Gasteiger partial charge in [-0.05, 0) is 0 Å². The number of rotatable bonds is 2. The summed E-state index contributed by atoms with van der Waals surface area (Å²) < 4.78 is 9.65. The van der Waals surface area contributed by atoms with Gasteiger partial charge in [0.2, 0.25) is 5.91 Å². The van der Waals surface area contributed by atoms with Crippen LogP contribution in [0, 0.1) is 5.92 Å². The molecule has 0 aliphatic carbocycles. The van der Waals surface area contributed by atoms with Gasteiger partial charge in [-0.1, -0.05) is 0 Å². The quantitative estimate of drug-likeness (QED) is 0.436. The zero-order chi connectivity index (χ0) is 10.1. The molecule has 6 nitrogen and oxygen atoms in total. The standard InChI is InChI=1S/C8H9NO5/c10-6-1-5(7(11)9-6)14-8(12)4-2-13-3-4/h4-5H,1-3H2,(H,9,10,11). The Morgan fingerprint density at radius 2 is 2.14 bits per heavy atom. The van der Waals surface area contributed by atoms with E-state index in [0.29, 0.717) is 13.2 Å². The molecule has 2 aliphatic heterocycles. The van der Waals surface area contributed by atoms with Crippen LogP contribution in [0.2, 0.25) is 0 Å². The fourth-order valence-electron chi connectivity index (χ4n) is 1.23. The number of ether oxygens (including phenoxy) is 2. The lowest BCUT2D eigenvalue weighted by Gasteiger charge is -2.24. The number of nitrogens with one attached hydrogen (secondary N) is 1. The maximum absolute atomic E-state index is 11.2. The zero-order valence-electron chi connectivity index (χ0n) is 7.32. The minimum absolute atomic E-state index is 0.0713. The van der Waals surface area contributed by atoms with Crippen molar-refractivity contribution in [3.05, 3.63) is 0 Å². The van der Waals surface area contributed by atoms with E-state index in [2.05, 4.69) is 5.32 Å². The number of carbonyl (C=O) groups excluding carboxylic acids is 3. The van der Waals surface area contributed by atoms with Gasteiger partial charge in [0.05, 0.1) is 19.6 Å². The smallest absolute Gasteiger partial charge is 0.314 e. The van der Waals surface area contributed by atoms with Gasteiger partial charge in [0.1, 0.15) is 5.92 Å². The Labute approximate surface area is 79.5 Å². The van der Waals surface area contributed by atoms with Crippen molar-refractivity contribution < 1.29 is 23.9 Å². The van der Waals surface area contributed by atoms with Crippen molar-refractivity contribution in [2.45, 2.75) is 12.5 Å². The van der Waals surface area contributed by atoms with Crippen molar-refractivity contribution in [2.24, 2.45) is 5.92 Å². The van der Waals surface area contributed by atoms with Crippen LogP contribution < -0.4 is 5.32 Å². The Balaban J connectivity index is 1.87. The number of esters is 1. The highest BCUT2D eigenvalue weighted by molar-refractivity contribution is 6.05. The molecule has 14 heavy (non-hydrogen) atoms. The van der Waals surface area contributed by atoms with E-state index < -0.39 is 23.9 Å². The van der Waals surface area contributed by atoms with Gasteiger partial charge >= 0.3 is 5.97 Å². The maximum Gasteiger partial charge on any atom is 0.314 e. The molecule has 76 valence electrons. The van der Waals surface area contributed by atoms with Gasteiger partial charge in [-0.15, -0.1) is 0 Å². The second-order valence-electron chi connectivity index (χ2n) is 3.28. The molecule has 1 atom stereocenters. The number of carbonyl (C=O) groups is 3. The fraction of sp³-hybridized carbons (Fsp3) is 0.625. The van der Waals surface area contributed by atoms with Crippen LogP contribution in [-0.2, 0) is 23.9 Å². The van der Waals surface area contributed by atoms with Crippen LogP contribution in [0.4, 0.5) is 0 Å². The molecule has 0 aromatic heterocycles. The summed E-state index contributed by atoms with van der Waals surface area (Å²) in [4.78, 5) is 33.0. The van der Waals surface area contributed by atoms with Crippen LogP contribution in [0.5, 0.6) is 0 Å². The van der Waals surface area contributed by atoms with E-state index in [4.69, 9.17) is 9.47 Å². The molecular formula is C8H9NO5.